The van der Waals surface area contributed by atoms with Gasteiger partial charge >= 0.3 is 0 Å². The lowest BCUT2D eigenvalue weighted by Crippen LogP contribution is -2.64. The third-order valence-corrected chi connectivity index (χ3v) is 5.27. The summed E-state index contributed by atoms with van der Waals surface area (Å²) in [7, 11) is 0. The van der Waals surface area contributed by atoms with Gasteiger partial charge in [-0.05, 0) is 27.7 Å². The van der Waals surface area contributed by atoms with E-state index in [1.54, 1.807) is 0 Å². The molecule has 2 unspecified atom stereocenters. The molecule has 2 heterocycles. The van der Waals surface area contributed by atoms with Crippen LogP contribution in [0.1, 0.15) is 27.7 Å². The van der Waals surface area contributed by atoms with Crippen molar-refractivity contribution < 1.29 is 18.4 Å². The molecule has 2 atom stereocenters. The zero-order valence-electron chi connectivity index (χ0n) is 13.2. The molecule has 0 aromatic rings. The molecule has 0 aliphatic carbocycles. The highest BCUT2D eigenvalue weighted by Crippen LogP contribution is 2.24. The molecule has 2 aliphatic rings. The molecule has 0 amide bonds. The Kier molecular flexibility index (Phi) is 4.88. The van der Waals surface area contributed by atoms with Crippen LogP contribution < -0.4 is 0 Å². The predicted molar refractivity (Wildman–Crippen MR) is 76.8 cm³/mol. The maximum Gasteiger partial charge on any atom is 0.207 e. The van der Waals surface area contributed by atoms with E-state index < -0.39 is 0 Å². The van der Waals surface area contributed by atoms with Crippen LogP contribution >= 0.6 is 0 Å². The van der Waals surface area contributed by atoms with E-state index in [0.717, 1.165) is 13.2 Å². The number of ether oxygens (including phenoxy) is 2. The fourth-order valence-electron chi connectivity index (χ4n) is 3.33. The van der Waals surface area contributed by atoms with Crippen LogP contribution in [0, 0.1) is 0 Å². The van der Waals surface area contributed by atoms with Gasteiger partial charge in [-0.3, -0.25) is 8.97 Å². The van der Waals surface area contributed by atoms with E-state index in [9.17, 15) is 0 Å². The van der Waals surface area contributed by atoms with Crippen LogP contribution in [0.2, 0.25) is 0 Å². The summed E-state index contributed by atoms with van der Waals surface area (Å²) in [5.41, 5.74) is 0. The van der Waals surface area contributed by atoms with Gasteiger partial charge in [-0.2, -0.15) is 0 Å². The summed E-state index contributed by atoms with van der Waals surface area (Å²) in [5, 5.41) is 0. The van der Waals surface area contributed by atoms with E-state index in [2.05, 4.69) is 27.7 Å². The average molecular weight is 272 g/mol. The van der Waals surface area contributed by atoms with Gasteiger partial charge in [-0.1, -0.05) is 0 Å². The van der Waals surface area contributed by atoms with E-state index in [-0.39, 0.29) is 0 Å². The van der Waals surface area contributed by atoms with E-state index in [0.29, 0.717) is 12.2 Å². The smallest absolute Gasteiger partial charge is 0.207 e. The van der Waals surface area contributed by atoms with Crippen molar-refractivity contribution in [2.75, 3.05) is 59.2 Å². The van der Waals surface area contributed by atoms with E-state index >= 15 is 0 Å². The standard InChI is InChI=1S/C15H32N2O2/c1-5-16(6-2,9-14-11-18-14)13-17(7-3,8-4)10-15-12-19-15/h14-15H,5-13H2,1-4H3/q+2. The molecule has 2 rings (SSSR count). The minimum absolute atomic E-state index is 0.521. The quantitative estimate of drug-likeness (QED) is 0.342. The van der Waals surface area contributed by atoms with Crippen molar-refractivity contribution in [1.29, 1.82) is 0 Å². The first-order valence-corrected chi connectivity index (χ1v) is 8.04. The minimum atomic E-state index is 0.521. The summed E-state index contributed by atoms with van der Waals surface area (Å²) in [5.74, 6) is 0. The Hall–Kier alpha value is -0.160. The number of hydrogen-bond donors (Lipinski definition) is 0. The molecule has 2 aliphatic heterocycles. The first kappa shape index (κ1) is 15.2. The van der Waals surface area contributed by atoms with Crippen LogP contribution in [0.25, 0.3) is 0 Å². The summed E-state index contributed by atoms with van der Waals surface area (Å²) in [6.45, 7) is 19.7. The topological polar surface area (TPSA) is 25.1 Å². The molecule has 0 aromatic carbocycles. The van der Waals surface area contributed by atoms with Crippen molar-refractivity contribution in [3.63, 3.8) is 0 Å². The molecule has 4 heteroatoms. The highest BCUT2D eigenvalue weighted by molar-refractivity contribution is 4.70. The summed E-state index contributed by atoms with van der Waals surface area (Å²) < 4.78 is 13.4. The van der Waals surface area contributed by atoms with E-state index in [1.807, 2.05) is 0 Å². The Morgan fingerprint density at radius 3 is 1.26 bits per heavy atom. The molecule has 0 N–H and O–H groups in total. The number of hydrogen-bond acceptors (Lipinski definition) is 2. The Bertz CT molecular complexity index is 252. The Labute approximate surface area is 118 Å². The van der Waals surface area contributed by atoms with Crippen LogP contribution in [-0.2, 0) is 9.47 Å². The fraction of sp³-hybridized carbons (Fsp3) is 1.00. The predicted octanol–water partition coefficient (Wildman–Crippen LogP) is 1.45. The van der Waals surface area contributed by atoms with Gasteiger partial charge in [0, 0.05) is 0 Å². The molecule has 0 bridgehead atoms. The lowest BCUT2D eigenvalue weighted by molar-refractivity contribution is -1.10. The van der Waals surface area contributed by atoms with Gasteiger partial charge in [0.15, 0.2) is 0 Å². The van der Waals surface area contributed by atoms with Crippen LogP contribution in [0.15, 0.2) is 0 Å². The monoisotopic (exact) mass is 272 g/mol. The highest BCUT2D eigenvalue weighted by Gasteiger charge is 2.44. The normalized spacial score (nSPS) is 26.5. The van der Waals surface area contributed by atoms with Crippen LogP contribution in [-0.4, -0.2) is 80.3 Å². The lowest BCUT2D eigenvalue weighted by atomic mass is 10.2. The van der Waals surface area contributed by atoms with Crippen LogP contribution in [0.4, 0.5) is 0 Å². The number of quaternary nitrogens is 2. The molecule has 0 radical (unpaired) electrons. The van der Waals surface area contributed by atoms with Crippen molar-refractivity contribution in [2.45, 2.75) is 39.9 Å². The molecule has 19 heavy (non-hydrogen) atoms. The van der Waals surface area contributed by atoms with Crippen LogP contribution in [0.5, 0.6) is 0 Å². The van der Waals surface area contributed by atoms with Gasteiger partial charge in [0.1, 0.15) is 25.3 Å². The fourth-order valence-corrected chi connectivity index (χ4v) is 3.33. The van der Waals surface area contributed by atoms with Gasteiger partial charge in [0.2, 0.25) is 6.67 Å². The molecule has 2 fully saturated rings. The summed E-state index contributed by atoms with van der Waals surface area (Å²) in [6.07, 6.45) is 1.04. The number of epoxide rings is 2. The Balaban J connectivity index is 2.05. The first-order valence-electron chi connectivity index (χ1n) is 8.04. The van der Waals surface area contributed by atoms with Gasteiger partial charge in [-0.15, -0.1) is 0 Å². The summed E-state index contributed by atoms with van der Waals surface area (Å²) >= 11 is 0. The van der Waals surface area contributed by atoms with Crippen molar-refractivity contribution in [3.8, 4) is 0 Å². The van der Waals surface area contributed by atoms with Crippen molar-refractivity contribution in [2.24, 2.45) is 0 Å². The summed E-state index contributed by atoms with van der Waals surface area (Å²) in [6, 6.07) is 0. The molecule has 2 saturated heterocycles. The molecule has 0 saturated carbocycles. The third kappa shape index (κ3) is 3.91. The molecular formula is C15H32N2O2+2. The molecule has 0 spiro atoms. The maximum absolute atomic E-state index is 5.50. The second-order valence-electron chi connectivity index (χ2n) is 6.37. The second-order valence-corrected chi connectivity index (χ2v) is 6.37. The molecule has 112 valence electrons. The average Bonchev–Trinajstić information content (AvgIpc) is 3.33. The summed E-state index contributed by atoms with van der Waals surface area (Å²) in [4.78, 5) is 0. The van der Waals surface area contributed by atoms with Crippen molar-refractivity contribution in [1.82, 2.24) is 0 Å². The Morgan fingerprint density at radius 1 is 0.737 bits per heavy atom. The van der Waals surface area contributed by atoms with E-state index in [1.165, 1.54) is 54.9 Å². The zero-order chi connectivity index (χ0) is 13.9. The second kappa shape index (κ2) is 6.08. The lowest BCUT2D eigenvalue weighted by Gasteiger charge is -2.45. The number of rotatable bonds is 10. The largest absolute Gasteiger partial charge is 0.367 e. The van der Waals surface area contributed by atoms with Gasteiger partial charge in [0.25, 0.3) is 0 Å². The number of likely N-dealkylation sites (N-methyl/N-ethyl adjacent to an activating group) is 2. The first-order chi connectivity index (χ1) is 9.11. The maximum atomic E-state index is 5.50. The van der Waals surface area contributed by atoms with Crippen molar-refractivity contribution in [3.05, 3.63) is 0 Å². The third-order valence-electron chi connectivity index (χ3n) is 5.27. The molecule has 0 aromatic heterocycles. The van der Waals surface area contributed by atoms with Crippen molar-refractivity contribution >= 4 is 0 Å². The minimum Gasteiger partial charge on any atom is -0.367 e. The Morgan fingerprint density at radius 2 is 1.05 bits per heavy atom. The van der Waals surface area contributed by atoms with E-state index in [4.69, 9.17) is 9.47 Å². The van der Waals surface area contributed by atoms with Gasteiger partial charge in [0.05, 0.1) is 39.4 Å². The zero-order valence-corrected chi connectivity index (χ0v) is 13.2. The molecular weight excluding hydrogens is 240 g/mol. The van der Waals surface area contributed by atoms with Gasteiger partial charge < -0.3 is 9.47 Å². The highest BCUT2D eigenvalue weighted by atomic mass is 16.6. The van der Waals surface area contributed by atoms with Crippen LogP contribution in [0.3, 0.4) is 0 Å². The molecule has 4 nitrogen and oxygen atoms in total. The van der Waals surface area contributed by atoms with Gasteiger partial charge in [-0.25, -0.2) is 0 Å². The number of nitrogens with zero attached hydrogens (tertiary/aromatic N) is 2. The SMILES string of the molecule is CC[N+](CC)(CC1CO1)C[N+](CC)(CC)CC1CO1.